The number of hydrogen-bond donors (Lipinski definition) is 0. The molecular formula is C13H17BrN2O. The van der Waals surface area contributed by atoms with Crippen molar-refractivity contribution in [2.45, 2.75) is 30.8 Å². The van der Waals surface area contributed by atoms with Crippen molar-refractivity contribution in [3.8, 4) is 0 Å². The van der Waals surface area contributed by atoms with E-state index in [9.17, 15) is 4.79 Å². The van der Waals surface area contributed by atoms with Crippen LogP contribution in [0, 0.1) is 5.41 Å². The average molecular weight is 297 g/mol. The van der Waals surface area contributed by atoms with Gasteiger partial charge in [0.2, 0.25) is 6.41 Å². The van der Waals surface area contributed by atoms with Gasteiger partial charge in [-0.25, -0.2) is 0 Å². The van der Waals surface area contributed by atoms with E-state index in [2.05, 4.69) is 47.0 Å². The average Bonchev–Trinajstić information content (AvgIpc) is 2.73. The van der Waals surface area contributed by atoms with Crippen LogP contribution in [0.2, 0.25) is 0 Å². The van der Waals surface area contributed by atoms with E-state index in [-0.39, 0.29) is 11.6 Å². The summed E-state index contributed by atoms with van der Waals surface area (Å²) in [5.74, 6) is 0. The molecule has 17 heavy (non-hydrogen) atoms. The molecule has 3 nitrogen and oxygen atoms in total. The molecule has 0 spiro atoms. The third-order valence-electron chi connectivity index (χ3n) is 4.40. The molecule has 4 heteroatoms. The molecule has 0 aromatic rings. The van der Waals surface area contributed by atoms with Crippen molar-refractivity contribution < 1.29 is 4.79 Å². The van der Waals surface area contributed by atoms with Crippen LogP contribution < -0.4 is 0 Å². The van der Waals surface area contributed by atoms with Gasteiger partial charge in [-0.2, -0.15) is 0 Å². The fraction of sp³-hybridized carbons (Fsp3) is 0.615. The van der Waals surface area contributed by atoms with Crippen molar-refractivity contribution in [3.05, 3.63) is 23.4 Å². The first-order valence-electron chi connectivity index (χ1n) is 6.08. The van der Waals surface area contributed by atoms with E-state index in [1.807, 2.05) is 4.90 Å². The van der Waals surface area contributed by atoms with Gasteiger partial charge in [-0.05, 0) is 25.5 Å². The monoisotopic (exact) mass is 296 g/mol. The van der Waals surface area contributed by atoms with Crippen molar-refractivity contribution in [1.82, 2.24) is 9.80 Å². The fourth-order valence-corrected chi connectivity index (χ4v) is 4.03. The van der Waals surface area contributed by atoms with Crippen LogP contribution in [-0.2, 0) is 4.79 Å². The number of hydrogen-bond acceptors (Lipinski definition) is 2. The van der Waals surface area contributed by atoms with Crippen LogP contribution in [0.3, 0.4) is 0 Å². The quantitative estimate of drug-likeness (QED) is 0.546. The lowest BCUT2D eigenvalue weighted by Crippen LogP contribution is -2.42. The zero-order chi connectivity index (χ0) is 12.2. The second kappa shape index (κ2) is 3.69. The summed E-state index contributed by atoms with van der Waals surface area (Å²) in [5.41, 5.74) is 2.59. The first kappa shape index (κ1) is 11.5. The van der Waals surface area contributed by atoms with E-state index in [0.717, 1.165) is 31.5 Å². The van der Waals surface area contributed by atoms with Gasteiger partial charge in [-0.15, -0.1) is 0 Å². The SMILES string of the molecule is CN1CCC2(C)C3=CC(Br)CC=C3N(C=O)C12. The molecule has 2 aliphatic heterocycles. The number of likely N-dealkylation sites (tertiary alicyclic amines) is 2. The molecule has 0 radical (unpaired) electrons. The Balaban J connectivity index is 2.13. The Kier molecular flexibility index (Phi) is 2.49. The molecule has 3 rings (SSSR count). The van der Waals surface area contributed by atoms with Gasteiger partial charge >= 0.3 is 0 Å². The lowest BCUT2D eigenvalue weighted by atomic mass is 9.79. The molecule has 0 saturated carbocycles. The molecule has 2 heterocycles. The normalized spacial score (nSPS) is 40.8. The lowest BCUT2D eigenvalue weighted by Gasteiger charge is -2.30. The Hall–Kier alpha value is -0.610. The standard InChI is InChI=1S/C13H17BrN2O/c1-13-5-6-15(2)12(13)16(8-17)11-4-3-9(14)7-10(11)13/h4,7-9,12H,3,5-6H2,1-2H3. The second-order valence-corrected chi connectivity index (χ2v) is 6.63. The van der Waals surface area contributed by atoms with E-state index in [1.165, 1.54) is 5.57 Å². The molecule has 3 aliphatic rings. The minimum absolute atomic E-state index is 0.105. The van der Waals surface area contributed by atoms with Gasteiger partial charge in [0.05, 0.1) is 6.17 Å². The summed E-state index contributed by atoms with van der Waals surface area (Å²) < 4.78 is 0. The summed E-state index contributed by atoms with van der Waals surface area (Å²) >= 11 is 3.66. The lowest BCUT2D eigenvalue weighted by molar-refractivity contribution is -0.120. The topological polar surface area (TPSA) is 23.6 Å². The van der Waals surface area contributed by atoms with E-state index in [0.29, 0.717) is 4.83 Å². The van der Waals surface area contributed by atoms with E-state index in [1.54, 1.807) is 0 Å². The smallest absolute Gasteiger partial charge is 0.215 e. The Bertz CT molecular complexity index is 431. The van der Waals surface area contributed by atoms with Crippen LogP contribution in [0.15, 0.2) is 23.4 Å². The molecule has 0 aromatic carbocycles. The third kappa shape index (κ3) is 1.40. The van der Waals surface area contributed by atoms with Crippen LogP contribution in [-0.4, -0.2) is 40.8 Å². The Morgan fingerprint density at radius 2 is 2.35 bits per heavy atom. The number of allylic oxidation sites excluding steroid dienone is 3. The maximum Gasteiger partial charge on any atom is 0.215 e. The van der Waals surface area contributed by atoms with Crippen LogP contribution in [0.5, 0.6) is 0 Å². The number of rotatable bonds is 1. The molecule has 1 aliphatic carbocycles. The summed E-state index contributed by atoms with van der Waals surface area (Å²) in [4.78, 5) is 16.0. The largest absolute Gasteiger partial charge is 0.298 e. The Labute approximate surface area is 110 Å². The van der Waals surface area contributed by atoms with Crippen molar-refractivity contribution in [1.29, 1.82) is 0 Å². The maximum absolute atomic E-state index is 11.4. The van der Waals surface area contributed by atoms with E-state index >= 15 is 0 Å². The molecule has 0 bridgehead atoms. The fourth-order valence-electron chi connectivity index (χ4n) is 3.58. The predicted octanol–water partition coefficient (Wildman–Crippen LogP) is 2.10. The van der Waals surface area contributed by atoms with Crippen molar-refractivity contribution >= 4 is 22.3 Å². The van der Waals surface area contributed by atoms with Crippen molar-refractivity contribution in [2.24, 2.45) is 5.41 Å². The zero-order valence-electron chi connectivity index (χ0n) is 10.2. The molecule has 0 aromatic heterocycles. The highest BCUT2D eigenvalue weighted by molar-refractivity contribution is 9.09. The van der Waals surface area contributed by atoms with Crippen molar-refractivity contribution in [3.63, 3.8) is 0 Å². The van der Waals surface area contributed by atoms with Crippen LogP contribution in [0.1, 0.15) is 19.8 Å². The number of nitrogens with zero attached hydrogens (tertiary/aromatic N) is 2. The first-order valence-corrected chi connectivity index (χ1v) is 7.00. The summed E-state index contributed by atoms with van der Waals surface area (Å²) in [6, 6.07) is 0. The molecule has 1 amide bonds. The molecule has 2 saturated heterocycles. The first-order chi connectivity index (χ1) is 8.08. The number of fused-ring (bicyclic) bond motifs is 3. The molecule has 2 fully saturated rings. The molecule has 92 valence electrons. The van der Waals surface area contributed by atoms with Gasteiger partial charge in [0, 0.05) is 22.5 Å². The van der Waals surface area contributed by atoms with Crippen LogP contribution in [0.25, 0.3) is 0 Å². The summed E-state index contributed by atoms with van der Waals surface area (Å²) in [7, 11) is 2.11. The maximum atomic E-state index is 11.4. The number of carbonyl (C=O) groups is 1. The molecule has 3 atom stereocenters. The van der Waals surface area contributed by atoms with Gasteiger partial charge in [0.25, 0.3) is 0 Å². The molecule has 0 N–H and O–H groups in total. The minimum atomic E-state index is 0.105. The molecule has 3 unspecified atom stereocenters. The summed E-state index contributed by atoms with van der Waals surface area (Å²) in [5, 5.41) is 0. The number of alkyl halides is 1. The van der Waals surface area contributed by atoms with Gasteiger partial charge in [-0.3, -0.25) is 14.6 Å². The highest BCUT2D eigenvalue weighted by Crippen LogP contribution is 2.54. The number of amides is 1. The summed E-state index contributed by atoms with van der Waals surface area (Å²) in [6.45, 7) is 3.35. The minimum Gasteiger partial charge on any atom is -0.298 e. The van der Waals surface area contributed by atoms with Crippen LogP contribution in [0.4, 0.5) is 0 Å². The van der Waals surface area contributed by atoms with Gasteiger partial charge in [0.15, 0.2) is 0 Å². The van der Waals surface area contributed by atoms with Gasteiger partial charge in [-0.1, -0.05) is 35.0 Å². The van der Waals surface area contributed by atoms with E-state index < -0.39 is 0 Å². The van der Waals surface area contributed by atoms with Crippen molar-refractivity contribution in [2.75, 3.05) is 13.6 Å². The van der Waals surface area contributed by atoms with Gasteiger partial charge in [0.1, 0.15) is 0 Å². The Morgan fingerprint density at radius 1 is 1.59 bits per heavy atom. The predicted molar refractivity (Wildman–Crippen MR) is 70.5 cm³/mol. The zero-order valence-corrected chi connectivity index (χ0v) is 11.8. The number of carbonyl (C=O) groups excluding carboxylic acids is 1. The molecular weight excluding hydrogens is 280 g/mol. The Morgan fingerprint density at radius 3 is 3.06 bits per heavy atom. The van der Waals surface area contributed by atoms with E-state index in [4.69, 9.17) is 0 Å². The highest BCUT2D eigenvalue weighted by Gasteiger charge is 2.55. The number of halogens is 1. The highest BCUT2D eigenvalue weighted by atomic mass is 79.9. The van der Waals surface area contributed by atoms with Crippen LogP contribution >= 0.6 is 15.9 Å². The second-order valence-electron chi connectivity index (χ2n) is 5.46. The van der Waals surface area contributed by atoms with Gasteiger partial charge < -0.3 is 0 Å². The third-order valence-corrected chi connectivity index (χ3v) is 5.04. The summed E-state index contributed by atoms with van der Waals surface area (Å²) in [6.07, 6.45) is 7.78.